The van der Waals surface area contributed by atoms with E-state index in [1.807, 2.05) is 0 Å². The summed E-state index contributed by atoms with van der Waals surface area (Å²) in [5, 5.41) is 3.35. The van der Waals surface area contributed by atoms with Crippen molar-refractivity contribution in [1.82, 2.24) is 4.98 Å². The Morgan fingerprint density at radius 1 is 1.54 bits per heavy atom. The number of aromatic nitrogens is 1. The van der Waals surface area contributed by atoms with Crippen molar-refractivity contribution in [3.8, 4) is 0 Å². The number of nitrogens with zero attached hydrogens (tertiary/aromatic N) is 1. The number of hydrogen-bond donors (Lipinski definition) is 0. The van der Waals surface area contributed by atoms with E-state index in [1.165, 1.54) is 30.0 Å². The van der Waals surface area contributed by atoms with Gasteiger partial charge in [0.25, 0.3) is 0 Å². The largest absolute Gasteiger partial charge is 0.247 e. The van der Waals surface area contributed by atoms with E-state index in [-0.39, 0.29) is 0 Å². The molecule has 0 aliphatic rings. The Hall–Kier alpha value is 0.110. The number of hydrogen-bond acceptors (Lipinski definition) is 2. The first kappa shape index (κ1) is 11.2. The zero-order valence-electron chi connectivity index (χ0n) is 8.22. The van der Waals surface area contributed by atoms with E-state index in [1.54, 1.807) is 11.3 Å². The van der Waals surface area contributed by atoms with Gasteiger partial charge in [0.05, 0.1) is 10.7 Å². The smallest absolute Gasteiger partial charge is 0.0897 e. The zero-order chi connectivity index (χ0) is 9.68. The SMILES string of the molecule is CCCC(Br)CCc1csc(C)n1. The van der Waals surface area contributed by atoms with Crippen molar-refractivity contribution in [3.63, 3.8) is 0 Å². The highest BCUT2D eigenvalue weighted by molar-refractivity contribution is 9.09. The van der Waals surface area contributed by atoms with Gasteiger partial charge in [0.2, 0.25) is 0 Å². The maximum atomic E-state index is 4.44. The molecule has 1 atom stereocenters. The normalized spacial score (nSPS) is 13.2. The van der Waals surface area contributed by atoms with Gasteiger partial charge in [-0.3, -0.25) is 0 Å². The van der Waals surface area contributed by atoms with Crippen LogP contribution in [0.15, 0.2) is 5.38 Å². The molecule has 0 aromatic carbocycles. The van der Waals surface area contributed by atoms with Crippen LogP contribution in [-0.2, 0) is 6.42 Å². The molecule has 0 N–H and O–H groups in total. The number of aryl methyl sites for hydroxylation is 2. The minimum Gasteiger partial charge on any atom is -0.247 e. The summed E-state index contributed by atoms with van der Waals surface area (Å²) in [4.78, 5) is 5.11. The second kappa shape index (κ2) is 5.76. The van der Waals surface area contributed by atoms with Crippen LogP contribution in [0.25, 0.3) is 0 Å². The lowest BCUT2D eigenvalue weighted by Gasteiger charge is -2.05. The summed E-state index contributed by atoms with van der Waals surface area (Å²) in [6, 6.07) is 0. The molecule has 1 aromatic heterocycles. The lowest BCUT2D eigenvalue weighted by molar-refractivity contribution is 0.687. The topological polar surface area (TPSA) is 12.9 Å². The molecule has 1 nitrogen and oxygen atoms in total. The highest BCUT2D eigenvalue weighted by Gasteiger charge is 2.04. The summed E-state index contributed by atoms with van der Waals surface area (Å²) in [6.07, 6.45) is 4.84. The van der Waals surface area contributed by atoms with Crippen LogP contribution < -0.4 is 0 Å². The van der Waals surface area contributed by atoms with Crippen molar-refractivity contribution in [2.24, 2.45) is 0 Å². The minimum absolute atomic E-state index is 0.666. The third-order valence-electron chi connectivity index (χ3n) is 1.98. The summed E-state index contributed by atoms with van der Waals surface area (Å²) in [7, 11) is 0. The third-order valence-corrected chi connectivity index (χ3v) is 3.72. The van der Waals surface area contributed by atoms with Crippen LogP contribution in [0.2, 0.25) is 0 Å². The molecule has 1 unspecified atom stereocenters. The van der Waals surface area contributed by atoms with Gasteiger partial charge >= 0.3 is 0 Å². The highest BCUT2D eigenvalue weighted by Crippen LogP contribution is 2.16. The fourth-order valence-corrected chi connectivity index (χ4v) is 2.62. The first-order chi connectivity index (χ1) is 6.22. The molecule has 3 heteroatoms. The maximum absolute atomic E-state index is 4.44. The minimum atomic E-state index is 0.666. The van der Waals surface area contributed by atoms with Gasteiger partial charge in [0.1, 0.15) is 0 Å². The zero-order valence-corrected chi connectivity index (χ0v) is 10.6. The third kappa shape index (κ3) is 4.23. The number of halogens is 1. The predicted molar refractivity (Wildman–Crippen MR) is 62.8 cm³/mol. The molecule has 0 fully saturated rings. The van der Waals surface area contributed by atoms with Gasteiger partial charge in [-0.25, -0.2) is 4.98 Å². The van der Waals surface area contributed by atoms with E-state index in [0.29, 0.717) is 4.83 Å². The molecule has 0 radical (unpaired) electrons. The highest BCUT2D eigenvalue weighted by atomic mass is 79.9. The van der Waals surface area contributed by atoms with Crippen LogP contribution in [0, 0.1) is 6.92 Å². The molecule has 0 aliphatic carbocycles. The van der Waals surface area contributed by atoms with Gasteiger partial charge in [0, 0.05) is 10.2 Å². The van der Waals surface area contributed by atoms with Gasteiger partial charge in [0.15, 0.2) is 0 Å². The Labute approximate surface area is 92.7 Å². The lowest BCUT2D eigenvalue weighted by Crippen LogP contribution is -1.99. The van der Waals surface area contributed by atoms with Gasteiger partial charge in [-0.15, -0.1) is 11.3 Å². The first-order valence-electron chi connectivity index (χ1n) is 4.77. The molecular formula is C10H16BrNS. The van der Waals surface area contributed by atoms with Gasteiger partial charge < -0.3 is 0 Å². The molecule has 0 saturated heterocycles. The number of rotatable bonds is 5. The molecular weight excluding hydrogens is 246 g/mol. The Bertz CT molecular complexity index is 247. The molecule has 1 heterocycles. The summed E-state index contributed by atoms with van der Waals surface area (Å²) in [6.45, 7) is 4.28. The van der Waals surface area contributed by atoms with Crippen LogP contribution in [-0.4, -0.2) is 9.81 Å². The fraction of sp³-hybridized carbons (Fsp3) is 0.700. The van der Waals surface area contributed by atoms with Crippen molar-refractivity contribution < 1.29 is 0 Å². The molecule has 1 rings (SSSR count). The Kier molecular flexibility index (Phi) is 4.96. The van der Waals surface area contributed by atoms with Crippen LogP contribution in [0.3, 0.4) is 0 Å². The van der Waals surface area contributed by atoms with Gasteiger partial charge in [-0.2, -0.15) is 0 Å². The molecule has 13 heavy (non-hydrogen) atoms. The van der Waals surface area contributed by atoms with Gasteiger partial charge in [-0.05, 0) is 26.2 Å². The van der Waals surface area contributed by atoms with E-state index >= 15 is 0 Å². The summed E-state index contributed by atoms with van der Waals surface area (Å²) in [5.74, 6) is 0. The number of thiazole rings is 1. The average Bonchev–Trinajstić information content (AvgIpc) is 2.49. The standard InChI is InChI=1S/C10H16BrNS/c1-3-4-9(11)5-6-10-7-13-8(2)12-10/h7,9H,3-6H2,1-2H3. The van der Waals surface area contributed by atoms with Crippen molar-refractivity contribution in [2.45, 2.75) is 44.4 Å². The molecule has 0 aliphatic heterocycles. The van der Waals surface area contributed by atoms with Crippen LogP contribution in [0.5, 0.6) is 0 Å². The van der Waals surface area contributed by atoms with E-state index in [4.69, 9.17) is 0 Å². The number of alkyl halides is 1. The second-order valence-corrected chi connectivity index (χ2v) is 5.64. The fourth-order valence-electron chi connectivity index (χ4n) is 1.29. The Morgan fingerprint density at radius 3 is 2.85 bits per heavy atom. The molecule has 1 aromatic rings. The van der Waals surface area contributed by atoms with E-state index in [2.05, 4.69) is 40.1 Å². The molecule has 0 bridgehead atoms. The Morgan fingerprint density at radius 2 is 2.31 bits per heavy atom. The Balaban J connectivity index is 2.26. The summed E-state index contributed by atoms with van der Waals surface area (Å²) < 4.78 is 0. The van der Waals surface area contributed by atoms with Crippen LogP contribution in [0.1, 0.15) is 36.9 Å². The summed E-state index contributed by atoms with van der Waals surface area (Å²) >= 11 is 5.42. The molecule has 0 saturated carbocycles. The summed E-state index contributed by atoms with van der Waals surface area (Å²) in [5.41, 5.74) is 1.25. The quantitative estimate of drug-likeness (QED) is 0.732. The van der Waals surface area contributed by atoms with Crippen molar-refractivity contribution in [2.75, 3.05) is 0 Å². The first-order valence-corrected chi connectivity index (χ1v) is 6.57. The van der Waals surface area contributed by atoms with E-state index < -0.39 is 0 Å². The molecule has 0 spiro atoms. The van der Waals surface area contributed by atoms with E-state index in [9.17, 15) is 0 Å². The van der Waals surface area contributed by atoms with Crippen molar-refractivity contribution in [3.05, 3.63) is 16.1 Å². The second-order valence-electron chi connectivity index (χ2n) is 3.28. The maximum Gasteiger partial charge on any atom is 0.0897 e. The lowest BCUT2D eigenvalue weighted by atomic mass is 10.1. The van der Waals surface area contributed by atoms with Crippen LogP contribution in [0.4, 0.5) is 0 Å². The van der Waals surface area contributed by atoms with Crippen LogP contribution >= 0.6 is 27.3 Å². The van der Waals surface area contributed by atoms with Crippen molar-refractivity contribution >= 4 is 27.3 Å². The monoisotopic (exact) mass is 261 g/mol. The van der Waals surface area contributed by atoms with Crippen molar-refractivity contribution in [1.29, 1.82) is 0 Å². The molecule has 74 valence electrons. The predicted octanol–water partition coefficient (Wildman–Crippen LogP) is 3.95. The van der Waals surface area contributed by atoms with Gasteiger partial charge in [-0.1, -0.05) is 29.3 Å². The molecule has 0 amide bonds. The average molecular weight is 262 g/mol. The van der Waals surface area contributed by atoms with E-state index in [0.717, 1.165) is 6.42 Å².